The van der Waals surface area contributed by atoms with Crippen molar-refractivity contribution < 1.29 is 9.90 Å². The molecule has 5 heteroatoms. The molecule has 4 aromatic rings. The van der Waals surface area contributed by atoms with E-state index in [2.05, 4.69) is 13.0 Å². The molecule has 0 aliphatic carbocycles. The van der Waals surface area contributed by atoms with E-state index >= 15 is 0 Å². The van der Waals surface area contributed by atoms with Crippen molar-refractivity contribution in [2.24, 2.45) is 0 Å². The van der Waals surface area contributed by atoms with E-state index in [-0.39, 0.29) is 0 Å². The zero-order valence-corrected chi connectivity index (χ0v) is 15.2. The predicted octanol–water partition coefficient (Wildman–Crippen LogP) is 6.37. The number of hydrogen-bond acceptors (Lipinski definition) is 3. The molecule has 0 aliphatic heterocycles. The summed E-state index contributed by atoms with van der Waals surface area (Å²) in [6.07, 6.45) is 0.729. The highest BCUT2D eigenvalue weighted by molar-refractivity contribution is 7.20. The number of carboxylic acid groups (broad SMARTS) is 1. The molecule has 0 saturated carbocycles. The normalized spacial score (nSPS) is 11.4. The molecule has 2 aromatic carbocycles. The summed E-state index contributed by atoms with van der Waals surface area (Å²) in [6.45, 7) is 2.08. The lowest BCUT2D eigenvalue weighted by Crippen LogP contribution is -1.95. The van der Waals surface area contributed by atoms with Crippen molar-refractivity contribution in [1.29, 1.82) is 0 Å². The van der Waals surface area contributed by atoms with Crippen LogP contribution >= 0.6 is 34.3 Å². The molecular weight excluding hydrogens is 360 g/mol. The fourth-order valence-electron chi connectivity index (χ4n) is 2.96. The maximum Gasteiger partial charge on any atom is 0.335 e. The first-order chi connectivity index (χ1) is 11.5. The maximum atomic E-state index is 11.3. The number of aryl methyl sites for hydroxylation is 1. The van der Waals surface area contributed by atoms with Crippen LogP contribution in [-0.2, 0) is 6.42 Å². The van der Waals surface area contributed by atoms with Gasteiger partial charge in [0.1, 0.15) is 0 Å². The first kappa shape index (κ1) is 15.6. The predicted molar refractivity (Wildman–Crippen MR) is 103 cm³/mol. The average molecular weight is 373 g/mol. The van der Waals surface area contributed by atoms with Gasteiger partial charge in [-0.1, -0.05) is 29.8 Å². The molecule has 0 unspecified atom stereocenters. The van der Waals surface area contributed by atoms with Crippen LogP contribution in [0.4, 0.5) is 0 Å². The van der Waals surface area contributed by atoms with Gasteiger partial charge in [0, 0.05) is 31.0 Å². The zero-order valence-electron chi connectivity index (χ0n) is 12.8. The summed E-state index contributed by atoms with van der Waals surface area (Å²) in [5.41, 5.74) is 1.50. The third-order valence-electron chi connectivity index (χ3n) is 4.18. The number of rotatable bonds is 3. The topological polar surface area (TPSA) is 37.3 Å². The maximum absolute atomic E-state index is 11.3. The van der Waals surface area contributed by atoms with E-state index in [1.807, 2.05) is 24.3 Å². The minimum atomic E-state index is -0.897. The minimum absolute atomic E-state index is 0.323. The van der Waals surface area contributed by atoms with Gasteiger partial charge in [0.15, 0.2) is 0 Å². The second kappa shape index (κ2) is 5.88. The molecular formula is C19H13ClO2S2. The molecule has 0 saturated heterocycles. The summed E-state index contributed by atoms with van der Waals surface area (Å²) >= 11 is 9.99. The lowest BCUT2D eigenvalue weighted by Gasteiger charge is -2.02. The molecule has 1 N–H and O–H groups in total. The number of hydrogen-bond donors (Lipinski definition) is 1. The molecule has 0 bridgehead atoms. The van der Waals surface area contributed by atoms with Gasteiger partial charge in [-0.3, -0.25) is 0 Å². The fraction of sp³-hybridized carbons (Fsp3) is 0.105. The number of carbonyl (C=O) groups is 1. The van der Waals surface area contributed by atoms with Gasteiger partial charge in [-0.05, 0) is 42.1 Å². The second-order valence-corrected chi connectivity index (χ2v) is 8.44. The smallest absolute Gasteiger partial charge is 0.335 e. The Labute approximate surface area is 151 Å². The van der Waals surface area contributed by atoms with Crippen LogP contribution < -0.4 is 0 Å². The van der Waals surface area contributed by atoms with Crippen LogP contribution in [0.15, 0.2) is 42.5 Å². The Morgan fingerprint density at radius 2 is 1.83 bits per heavy atom. The van der Waals surface area contributed by atoms with Crippen LogP contribution in [0.25, 0.3) is 20.2 Å². The summed E-state index contributed by atoms with van der Waals surface area (Å²) in [4.78, 5) is 13.6. The first-order valence-corrected chi connectivity index (χ1v) is 9.47. The Kier molecular flexibility index (Phi) is 3.83. The van der Waals surface area contributed by atoms with Crippen molar-refractivity contribution in [3.63, 3.8) is 0 Å². The third kappa shape index (κ3) is 2.51. The van der Waals surface area contributed by atoms with Gasteiger partial charge in [-0.15, -0.1) is 22.7 Å². The molecule has 0 amide bonds. The molecule has 2 heterocycles. The van der Waals surface area contributed by atoms with Crippen molar-refractivity contribution >= 4 is 60.4 Å². The number of thiophene rings is 2. The molecule has 24 heavy (non-hydrogen) atoms. The van der Waals surface area contributed by atoms with Gasteiger partial charge < -0.3 is 5.11 Å². The Morgan fingerprint density at radius 1 is 1.08 bits per heavy atom. The standard InChI is InChI=1S/C19H13ClO2S2/c1-10-13(14-8-11(19(21)22)6-7-16(14)23-10)9-17-18(20)12-4-2-3-5-15(12)24-17/h2-8H,9H2,1H3,(H,21,22). The minimum Gasteiger partial charge on any atom is -0.478 e. The average Bonchev–Trinajstić information content (AvgIpc) is 3.05. The van der Waals surface area contributed by atoms with Crippen LogP contribution in [0.3, 0.4) is 0 Å². The summed E-state index contributed by atoms with van der Waals surface area (Å²) in [6, 6.07) is 13.5. The van der Waals surface area contributed by atoms with E-state index in [1.54, 1.807) is 34.8 Å². The van der Waals surface area contributed by atoms with Gasteiger partial charge in [-0.25, -0.2) is 4.79 Å². The Balaban J connectivity index is 1.86. The number of halogens is 1. The quantitative estimate of drug-likeness (QED) is 0.453. The molecule has 2 aromatic heterocycles. The molecule has 0 fully saturated rings. The van der Waals surface area contributed by atoms with E-state index < -0.39 is 5.97 Å². The van der Waals surface area contributed by atoms with E-state index in [0.29, 0.717) is 5.56 Å². The Hall–Kier alpha value is -1.88. The van der Waals surface area contributed by atoms with Crippen molar-refractivity contribution in [1.82, 2.24) is 0 Å². The highest BCUT2D eigenvalue weighted by Gasteiger charge is 2.16. The number of benzene rings is 2. The van der Waals surface area contributed by atoms with Crippen LogP contribution in [0, 0.1) is 6.92 Å². The van der Waals surface area contributed by atoms with Crippen molar-refractivity contribution in [3.05, 3.63) is 68.4 Å². The number of carboxylic acids is 1. The van der Waals surface area contributed by atoms with Gasteiger partial charge in [0.2, 0.25) is 0 Å². The Bertz CT molecular complexity index is 1090. The molecule has 0 atom stereocenters. The van der Waals surface area contributed by atoms with Gasteiger partial charge in [-0.2, -0.15) is 0 Å². The van der Waals surface area contributed by atoms with Crippen LogP contribution in [-0.4, -0.2) is 11.1 Å². The number of aromatic carboxylic acids is 1. The molecule has 4 rings (SSSR count). The first-order valence-electron chi connectivity index (χ1n) is 7.46. The second-order valence-electron chi connectivity index (χ2n) is 5.67. The van der Waals surface area contributed by atoms with Crippen molar-refractivity contribution in [2.45, 2.75) is 13.3 Å². The van der Waals surface area contributed by atoms with Crippen LogP contribution in [0.5, 0.6) is 0 Å². The van der Waals surface area contributed by atoms with Crippen molar-refractivity contribution in [2.75, 3.05) is 0 Å². The van der Waals surface area contributed by atoms with Gasteiger partial charge >= 0.3 is 5.97 Å². The van der Waals surface area contributed by atoms with E-state index in [1.165, 1.54) is 15.1 Å². The fourth-order valence-corrected chi connectivity index (χ4v) is 5.54. The summed E-state index contributed by atoms with van der Waals surface area (Å²) in [5.74, 6) is -0.897. The highest BCUT2D eigenvalue weighted by Crippen LogP contribution is 2.40. The lowest BCUT2D eigenvalue weighted by atomic mass is 10.0. The molecule has 0 radical (unpaired) electrons. The van der Waals surface area contributed by atoms with Gasteiger partial charge in [0.25, 0.3) is 0 Å². The van der Waals surface area contributed by atoms with Crippen LogP contribution in [0.1, 0.15) is 25.7 Å². The van der Waals surface area contributed by atoms with Crippen LogP contribution in [0.2, 0.25) is 5.02 Å². The van der Waals surface area contributed by atoms with E-state index in [9.17, 15) is 9.90 Å². The van der Waals surface area contributed by atoms with E-state index in [4.69, 9.17) is 11.6 Å². The van der Waals surface area contributed by atoms with Crippen molar-refractivity contribution in [3.8, 4) is 0 Å². The largest absolute Gasteiger partial charge is 0.478 e. The molecule has 2 nitrogen and oxygen atoms in total. The molecule has 0 aliphatic rings. The Morgan fingerprint density at radius 3 is 2.58 bits per heavy atom. The summed E-state index contributed by atoms with van der Waals surface area (Å²) in [7, 11) is 0. The number of fused-ring (bicyclic) bond motifs is 2. The SMILES string of the molecule is Cc1sc2ccc(C(=O)O)cc2c1Cc1sc2ccccc2c1Cl. The summed E-state index contributed by atoms with van der Waals surface area (Å²) < 4.78 is 2.30. The highest BCUT2D eigenvalue weighted by atomic mass is 35.5. The monoisotopic (exact) mass is 372 g/mol. The van der Waals surface area contributed by atoms with E-state index in [0.717, 1.165) is 31.8 Å². The van der Waals surface area contributed by atoms with Gasteiger partial charge in [0.05, 0.1) is 10.6 Å². The zero-order chi connectivity index (χ0) is 16.8. The molecule has 120 valence electrons. The summed E-state index contributed by atoms with van der Waals surface area (Å²) in [5, 5.41) is 12.2. The third-order valence-corrected chi connectivity index (χ3v) is 7.02. The molecule has 0 spiro atoms. The lowest BCUT2D eigenvalue weighted by molar-refractivity contribution is 0.0697.